The number of rotatable bonds is 4. The number of hydrogen-bond donors (Lipinski definition) is 1. The summed E-state index contributed by atoms with van der Waals surface area (Å²) in [7, 11) is 0. The molecule has 0 saturated carbocycles. The van der Waals surface area contributed by atoms with Crippen LogP contribution >= 0.6 is 0 Å². The van der Waals surface area contributed by atoms with E-state index in [4.69, 9.17) is 4.52 Å². The number of aryl methyl sites for hydroxylation is 1. The first-order chi connectivity index (χ1) is 11.2. The van der Waals surface area contributed by atoms with Gasteiger partial charge in [-0.1, -0.05) is 5.16 Å². The van der Waals surface area contributed by atoms with E-state index in [1.165, 1.54) is 6.20 Å². The average molecular weight is 315 g/mol. The van der Waals surface area contributed by atoms with Crippen molar-refractivity contribution in [1.29, 1.82) is 0 Å². The summed E-state index contributed by atoms with van der Waals surface area (Å²) in [5.41, 5.74) is 1.31. The van der Waals surface area contributed by atoms with Crippen LogP contribution in [0.1, 0.15) is 16.1 Å². The van der Waals surface area contributed by atoms with Crippen molar-refractivity contribution in [3.8, 4) is 0 Å². The number of pyridine rings is 1. The van der Waals surface area contributed by atoms with Gasteiger partial charge in [-0.25, -0.2) is 0 Å². The van der Waals surface area contributed by atoms with E-state index in [0.717, 1.165) is 12.1 Å². The summed E-state index contributed by atoms with van der Waals surface area (Å²) in [5, 5.41) is 6.40. The molecule has 2 aromatic rings. The van der Waals surface area contributed by atoms with Gasteiger partial charge in [0.25, 0.3) is 5.91 Å². The summed E-state index contributed by atoms with van der Waals surface area (Å²) in [5.74, 6) is 0.705. The van der Waals surface area contributed by atoms with E-state index in [0.29, 0.717) is 43.3 Å². The Bertz CT molecular complexity index is 707. The average Bonchev–Trinajstić information content (AvgIpc) is 3.00. The minimum atomic E-state index is -0.292. The van der Waals surface area contributed by atoms with Gasteiger partial charge in [0.1, 0.15) is 5.76 Å². The largest absolute Gasteiger partial charge is 0.367 e. The summed E-state index contributed by atoms with van der Waals surface area (Å²) in [6.45, 7) is 4.52. The maximum Gasteiger partial charge on any atom is 0.258 e. The van der Waals surface area contributed by atoms with Gasteiger partial charge in [0.15, 0.2) is 5.82 Å². The van der Waals surface area contributed by atoms with Crippen molar-refractivity contribution < 1.29 is 14.1 Å². The van der Waals surface area contributed by atoms with Crippen molar-refractivity contribution in [3.63, 3.8) is 0 Å². The quantitative estimate of drug-likeness (QED) is 0.843. The van der Waals surface area contributed by atoms with Gasteiger partial charge in [-0.05, 0) is 13.0 Å². The molecule has 120 valence electrons. The highest BCUT2D eigenvalue weighted by Crippen LogP contribution is 2.17. The molecule has 1 fully saturated rings. The Morgan fingerprint density at radius 3 is 2.70 bits per heavy atom. The fourth-order valence-corrected chi connectivity index (χ4v) is 2.42. The van der Waals surface area contributed by atoms with Crippen molar-refractivity contribution in [3.05, 3.63) is 35.9 Å². The third-order valence-corrected chi connectivity index (χ3v) is 3.68. The summed E-state index contributed by atoms with van der Waals surface area (Å²) in [6, 6.07) is 3.43. The lowest BCUT2D eigenvalue weighted by Crippen LogP contribution is -2.45. The molecule has 0 aromatic carbocycles. The van der Waals surface area contributed by atoms with Crippen LogP contribution in [0.5, 0.6) is 0 Å². The van der Waals surface area contributed by atoms with Crippen LogP contribution in [-0.4, -0.2) is 53.5 Å². The Morgan fingerprint density at radius 1 is 1.26 bits per heavy atom. The predicted octanol–water partition coefficient (Wildman–Crippen LogP) is 0.909. The summed E-state index contributed by atoms with van der Waals surface area (Å²) in [4.78, 5) is 31.0. The van der Waals surface area contributed by atoms with Crippen molar-refractivity contribution >= 4 is 23.8 Å². The molecule has 1 N–H and O–H groups in total. The zero-order chi connectivity index (χ0) is 16.2. The Balaban J connectivity index is 1.69. The van der Waals surface area contributed by atoms with Crippen molar-refractivity contribution in [2.24, 2.45) is 0 Å². The molecule has 2 amide bonds. The molecule has 3 rings (SSSR count). The SMILES string of the molecule is Cc1cc(NC(=O)c2cncc(N3CCN(C=O)CC3)c2)no1. The number of anilines is 2. The molecule has 8 heteroatoms. The molecule has 23 heavy (non-hydrogen) atoms. The van der Waals surface area contributed by atoms with E-state index in [1.807, 2.05) is 0 Å². The summed E-state index contributed by atoms with van der Waals surface area (Å²) in [6.07, 6.45) is 4.08. The maximum absolute atomic E-state index is 12.3. The van der Waals surface area contributed by atoms with E-state index < -0.39 is 0 Å². The molecular weight excluding hydrogens is 298 g/mol. The fourth-order valence-electron chi connectivity index (χ4n) is 2.42. The molecule has 3 heterocycles. The minimum Gasteiger partial charge on any atom is -0.367 e. The van der Waals surface area contributed by atoms with E-state index >= 15 is 0 Å². The predicted molar refractivity (Wildman–Crippen MR) is 83.3 cm³/mol. The zero-order valence-corrected chi connectivity index (χ0v) is 12.7. The van der Waals surface area contributed by atoms with E-state index in [1.54, 1.807) is 30.2 Å². The van der Waals surface area contributed by atoms with Crippen LogP contribution in [0.15, 0.2) is 29.0 Å². The van der Waals surface area contributed by atoms with Gasteiger partial charge in [-0.15, -0.1) is 0 Å². The number of amides is 2. The number of aromatic nitrogens is 2. The summed E-state index contributed by atoms with van der Waals surface area (Å²) < 4.78 is 4.92. The monoisotopic (exact) mass is 315 g/mol. The second-order valence-electron chi connectivity index (χ2n) is 5.34. The van der Waals surface area contributed by atoms with E-state index in [2.05, 4.69) is 20.4 Å². The molecule has 0 atom stereocenters. The van der Waals surface area contributed by atoms with E-state index in [9.17, 15) is 9.59 Å². The first-order valence-corrected chi connectivity index (χ1v) is 7.30. The van der Waals surface area contributed by atoms with Crippen LogP contribution < -0.4 is 10.2 Å². The topological polar surface area (TPSA) is 91.6 Å². The third kappa shape index (κ3) is 3.47. The van der Waals surface area contributed by atoms with Gasteiger partial charge < -0.3 is 19.6 Å². The van der Waals surface area contributed by atoms with Crippen molar-refractivity contribution in [1.82, 2.24) is 15.0 Å². The van der Waals surface area contributed by atoms with Crippen molar-refractivity contribution in [2.75, 3.05) is 36.4 Å². The third-order valence-electron chi connectivity index (χ3n) is 3.68. The Kier molecular flexibility index (Phi) is 4.22. The van der Waals surface area contributed by atoms with Gasteiger partial charge in [-0.2, -0.15) is 0 Å². The van der Waals surface area contributed by atoms with Crippen LogP contribution in [-0.2, 0) is 4.79 Å². The highest BCUT2D eigenvalue weighted by molar-refractivity contribution is 6.04. The fraction of sp³-hybridized carbons (Fsp3) is 0.333. The lowest BCUT2D eigenvalue weighted by Gasteiger charge is -2.34. The molecule has 1 aliphatic rings. The Morgan fingerprint density at radius 2 is 2.04 bits per heavy atom. The van der Waals surface area contributed by atoms with Gasteiger partial charge in [0, 0.05) is 38.4 Å². The van der Waals surface area contributed by atoms with Crippen LogP contribution in [0, 0.1) is 6.92 Å². The number of nitrogens with zero attached hydrogens (tertiary/aromatic N) is 4. The highest BCUT2D eigenvalue weighted by Gasteiger charge is 2.17. The molecule has 0 spiro atoms. The Labute approximate surface area is 133 Å². The smallest absolute Gasteiger partial charge is 0.258 e. The van der Waals surface area contributed by atoms with Crippen LogP contribution in [0.25, 0.3) is 0 Å². The molecule has 1 aliphatic heterocycles. The van der Waals surface area contributed by atoms with Crippen LogP contribution in [0.2, 0.25) is 0 Å². The second-order valence-corrected chi connectivity index (χ2v) is 5.34. The normalized spacial score (nSPS) is 14.7. The lowest BCUT2D eigenvalue weighted by atomic mass is 10.2. The molecule has 0 unspecified atom stereocenters. The van der Waals surface area contributed by atoms with Gasteiger partial charge in [0.05, 0.1) is 17.4 Å². The molecule has 8 nitrogen and oxygen atoms in total. The summed E-state index contributed by atoms with van der Waals surface area (Å²) >= 11 is 0. The first-order valence-electron chi connectivity index (χ1n) is 7.30. The molecule has 0 aliphatic carbocycles. The highest BCUT2D eigenvalue weighted by atomic mass is 16.5. The standard InChI is InChI=1S/C15H17N5O3/c1-11-6-14(18-23-11)17-15(22)12-7-13(9-16-8-12)20-4-2-19(10-21)3-5-20/h6-10H,2-5H2,1H3,(H,17,18,22). The number of piperazine rings is 1. The first kappa shape index (κ1) is 15.0. The van der Waals surface area contributed by atoms with Gasteiger partial charge in [0.2, 0.25) is 6.41 Å². The molecular formula is C15H17N5O3. The van der Waals surface area contributed by atoms with Crippen molar-refractivity contribution in [2.45, 2.75) is 6.92 Å². The molecule has 0 radical (unpaired) electrons. The minimum absolute atomic E-state index is 0.292. The van der Waals surface area contributed by atoms with Gasteiger partial charge in [-0.3, -0.25) is 14.6 Å². The zero-order valence-electron chi connectivity index (χ0n) is 12.7. The second kappa shape index (κ2) is 6.47. The number of hydrogen-bond acceptors (Lipinski definition) is 6. The molecule has 1 saturated heterocycles. The van der Waals surface area contributed by atoms with Crippen LogP contribution in [0.3, 0.4) is 0 Å². The Hall–Kier alpha value is -2.90. The molecule has 2 aromatic heterocycles. The number of carbonyl (C=O) groups excluding carboxylic acids is 2. The van der Waals surface area contributed by atoms with E-state index in [-0.39, 0.29) is 5.91 Å². The number of nitrogens with one attached hydrogen (secondary N) is 1. The lowest BCUT2D eigenvalue weighted by molar-refractivity contribution is -0.118. The van der Waals surface area contributed by atoms with Crippen LogP contribution in [0.4, 0.5) is 11.5 Å². The maximum atomic E-state index is 12.3. The van der Waals surface area contributed by atoms with Gasteiger partial charge >= 0.3 is 0 Å². The molecule has 0 bridgehead atoms. The number of carbonyl (C=O) groups is 2.